The van der Waals surface area contributed by atoms with Crippen LogP contribution in [0.2, 0.25) is 5.02 Å². The smallest absolute Gasteiger partial charge is 0.125 e. The molecule has 23 heavy (non-hydrogen) atoms. The Bertz CT molecular complexity index is 518. The second-order valence-corrected chi connectivity index (χ2v) is 7.49. The van der Waals surface area contributed by atoms with Crippen LogP contribution in [0, 0.1) is 0 Å². The van der Waals surface area contributed by atoms with Crippen molar-refractivity contribution in [3.05, 3.63) is 28.8 Å². The van der Waals surface area contributed by atoms with Gasteiger partial charge >= 0.3 is 0 Å². The molecular weight excluding hydrogens is 310 g/mol. The van der Waals surface area contributed by atoms with Crippen LogP contribution < -0.4 is 4.74 Å². The van der Waals surface area contributed by atoms with Crippen molar-refractivity contribution < 1.29 is 9.84 Å². The summed E-state index contributed by atoms with van der Waals surface area (Å²) in [7, 11) is 1.65. The molecule has 1 aromatic carbocycles. The summed E-state index contributed by atoms with van der Waals surface area (Å²) in [4.78, 5) is 2.59. The fourth-order valence-electron chi connectivity index (χ4n) is 4.20. The summed E-state index contributed by atoms with van der Waals surface area (Å²) in [6.07, 6.45) is 9.61. The zero-order valence-electron chi connectivity index (χ0n) is 14.1. The van der Waals surface area contributed by atoms with Gasteiger partial charge in [0.2, 0.25) is 0 Å². The van der Waals surface area contributed by atoms with E-state index in [1.54, 1.807) is 7.11 Å². The minimum Gasteiger partial charge on any atom is -0.496 e. The van der Waals surface area contributed by atoms with Gasteiger partial charge in [-0.25, -0.2) is 0 Å². The number of rotatable bonds is 3. The van der Waals surface area contributed by atoms with E-state index in [2.05, 4.69) is 4.90 Å². The van der Waals surface area contributed by atoms with Crippen LogP contribution in [0.4, 0.5) is 0 Å². The van der Waals surface area contributed by atoms with Gasteiger partial charge in [0.1, 0.15) is 5.75 Å². The summed E-state index contributed by atoms with van der Waals surface area (Å²) < 4.78 is 5.45. The van der Waals surface area contributed by atoms with Gasteiger partial charge in [-0.3, -0.25) is 0 Å². The van der Waals surface area contributed by atoms with E-state index >= 15 is 0 Å². The van der Waals surface area contributed by atoms with E-state index < -0.39 is 5.60 Å². The Morgan fingerprint density at radius 1 is 1.13 bits per heavy atom. The van der Waals surface area contributed by atoms with Crippen molar-refractivity contribution in [2.24, 2.45) is 0 Å². The molecule has 1 saturated carbocycles. The van der Waals surface area contributed by atoms with Gasteiger partial charge < -0.3 is 14.7 Å². The van der Waals surface area contributed by atoms with E-state index in [1.165, 1.54) is 38.5 Å². The molecule has 1 aromatic rings. The van der Waals surface area contributed by atoms with E-state index in [4.69, 9.17) is 16.3 Å². The van der Waals surface area contributed by atoms with Crippen molar-refractivity contribution in [2.45, 2.75) is 63.0 Å². The first-order chi connectivity index (χ1) is 11.1. The minimum atomic E-state index is -0.822. The predicted octanol–water partition coefficient (Wildman–Crippen LogP) is 4.35. The quantitative estimate of drug-likeness (QED) is 0.832. The number of hydrogen-bond acceptors (Lipinski definition) is 3. The molecule has 128 valence electrons. The highest BCUT2D eigenvalue weighted by molar-refractivity contribution is 6.30. The number of nitrogens with zero attached hydrogens (tertiary/aromatic N) is 1. The molecule has 1 saturated heterocycles. The summed E-state index contributed by atoms with van der Waals surface area (Å²) in [6.45, 7) is 1.91. The van der Waals surface area contributed by atoms with Gasteiger partial charge in [-0.05, 0) is 43.9 Å². The number of piperidine rings is 1. The summed E-state index contributed by atoms with van der Waals surface area (Å²) in [5.41, 5.74) is 0.0188. The van der Waals surface area contributed by atoms with Crippen molar-refractivity contribution in [3.8, 4) is 5.75 Å². The third-order valence-electron chi connectivity index (χ3n) is 5.63. The Kier molecular flexibility index (Phi) is 5.50. The minimum absolute atomic E-state index is 0.653. The molecule has 0 atom stereocenters. The number of halogens is 1. The van der Waals surface area contributed by atoms with Gasteiger partial charge in [0, 0.05) is 29.7 Å². The molecule has 0 aromatic heterocycles. The van der Waals surface area contributed by atoms with Gasteiger partial charge in [-0.1, -0.05) is 37.3 Å². The van der Waals surface area contributed by atoms with Crippen LogP contribution in [0.1, 0.15) is 56.9 Å². The average Bonchev–Trinajstić information content (AvgIpc) is 2.85. The van der Waals surface area contributed by atoms with Crippen molar-refractivity contribution >= 4 is 11.6 Å². The molecule has 0 amide bonds. The zero-order valence-corrected chi connectivity index (χ0v) is 14.8. The lowest BCUT2D eigenvalue weighted by atomic mass is 9.83. The van der Waals surface area contributed by atoms with Gasteiger partial charge in [0.05, 0.1) is 12.7 Å². The largest absolute Gasteiger partial charge is 0.496 e. The van der Waals surface area contributed by atoms with Crippen molar-refractivity contribution in [1.29, 1.82) is 0 Å². The Hall–Kier alpha value is -0.770. The first-order valence-corrected chi connectivity index (χ1v) is 9.31. The SMILES string of the molecule is COc1ccc(Cl)cc1C1(O)CCN(C2CCCCCC2)CC1. The van der Waals surface area contributed by atoms with Gasteiger partial charge in [0.25, 0.3) is 0 Å². The number of ether oxygens (including phenoxy) is 1. The molecule has 2 aliphatic rings. The normalized spacial score (nSPS) is 23.4. The predicted molar refractivity (Wildman–Crippen MR) is 94.2 cm³/mol. The van der Waals surface area contributed by atoms with Crippen LogP contribution >= 0.6 is 11.6 Å². The second kappa shape index (κ2) is 7.42. The Labute approximate surface area is 144 Å². The topological polar surface area (TPSA) is 32.7 Å². The summed E-state index contributed by atoms with van der Waals surface area (Å²) >= 11 is 6.15. The fraction of sp³-hybridized carbons (Fsp3) is 0.684. The summed E-state index contributed by atoms with van der Waals surface area (Å²) in [6, 6.07) is 6.24. The number of benzene rings is 1. The Balaban J connectivity index is 1.70. The van der Waals surface area contributed by atoms with Crippen LogP contribution in [0.25, 0.3) is 0 Å². The highest BCUT2D eigenvalue weighted by atomic mass is 35.5. The van der Waals surface area contributed by atoms with Gasteiger partial charge in [-0.15, -0.1) is 0 Å². The lowest BCUT2D eigenvalue weighted by Gasteiger charge is -2.42. The van der Waals surface area contributed by atoms with Crippen molar-refractivity contribution in [2.75, 3.05) is 20.2 Å². The van der Waals surface area contributed by atoms with E-state index in [0.717, 1.165) is 37.2 Å². The van der Waals surface area contributed by atoms with E-state index in [-0.39, 0.29) is 0 Å². The van der Waals surface area contributed by atoms with E-state index in [1.807, 2.05) is 18.2 Å². The molecule has 1 heterocycles. The first-order valence-electron chi connectivity index (χ1n) is 8.93. The Morgan fingerprint density at radius 3 is 2.39 bits per heavy atom. The lowest BCUT2D eigenvalue weighted by Crippen LogP contribution is -2.47. The number of hydrogen-bond donors (Lipinski definition) is 1. The first kappa shape index (κ1) is 17.1. The highest BCUT2D eigenvalue weighted by Gasteiger charge is 2.38. The monoisotopic (exact) mass is 337 g/mol. The molecule has 1 aliphatic carbocycles. The molecular formula is C19H28ClNO2. The number of aliphatic hydroxyl groups is 1. The maximum absolute atomic E-state index is 11.2. The third-order valence-corrected chi connectivity index (χ3v) is 5.86. The van der Waals surface area contributed by atoms with Crippen LogP contribution in [0.5, 0.6) is 5.75 Å². The molecule has 0 bridgehead atoms. The number of likely N-dealkylation sites (tertiary alicyclic amines) is 1. The molecule has 1 N–H and O–H groups in total. The molecule has 2 fully saturated rings. The van der Waals surface area contributed by atoms with Crippen molar-refractivity contribution in [1.82, 2.24) is 4.90 Å². The zero-order chi connectivity index (χ0) is 16.3. The molecule has 0 radical (unpaired) electrons. The molecule has 4 heteroatoms. The van der Waals surface area contributed by atoms with Crippen LogP contribution in [0.15, 0.2) is 18.2 Å². The molecule has 0 unspecified atom stereocenters. The van der Waals surface area contributed by atoms with Crippen LogP contribution in [-0.2, 0) is 5.60 Å². The second-order valence-electron chi connectivity index (χ2n) is 7.06. The summed E-state index contributed by atoms with van der Waals surface area (Å²) in [5, 5.41) is 11.8. The third kappa shape index (κ3) is 3.84. The van der Waals surface area contributed by atoms with E-state index in [9.17, 15) is 5.11 Å². The summed E-state index contributed by atoms with van der Waals surface area (Å²) in [5.74, 6) is 0.736. The average molecular weight is 338 g/mol. The fourth-order valence-corrected chi connectivity index (χ4v) is 4.37. The van der Waals surface area contributed by atoms with Crippen molar-refractivity contribution in [3.63, 3.8) is 0 Å². The lowest BCUT2D eigenvalue weighted by molar-refractivity contribution is -0.0384. The molecule has 0 spiro atoms. The standard InChI is InChI=1S/C19H28ClNO2/c1-23-18-9-8-15(20)14-17(18)19(22)10-12-21(13-11-19)16-6-4-2-3-5-7-16/h8-9,14,16,22H,2-7,10-13H2,1H3. The molecule has 3 rings (SSSR count). The highest BCUT2D eigenvalue weighted by Crippen LogP contribution is 2.40. The molecule has 3 nitrogen and oxygen atoms in total. The van der Waals surface area contributed by atoms with Crippen LogP contribution in [0.3, 0.4) is 0 Å². The van der Waals surface area contributed by atoms with Crippen LogP contribution in [-0.4, -0.2) is 36.2 Å². The maximum Gasteiger partial charge on any atom is 0.125 e. The Morgan fingerprint density at radius 2 is 1.78 bits per heavy atom. The molecule has 1 aliphatic heterocycles. The van der Waals surface area contributed by atoms with Gasteiger partial charge in [-0.2, -0.15) is 0 Å². The number of methoxy groups -OCH3 is 1. The van der Waals surface area contributed by atoms with Gasteiger partial charge in [0.15, 0.2) is 0 Å². The van der Waals surface area contributed by atoms with E-state index in [0.29, 0.717) is 11.1 Å². The maximum atomic E-state index is 11.2.